The number of nitrogens with one attached hydrogen (secondary N) is 1. The molecule has 0 fully saturated rings. The van der Waals surface area contributed by atoms with E-state index in [1.165, 1.54) is 12.0 Å². The van der Waals surface area contributed by atoms with Crippen LogP contribution < -0.4 is 10.1 Å². The largest absolute Gasteiger partial charge is 0.495 e. The minimum absolute atomic E-state index is 0.00650. The lowest BCUT2D eigenvalue weighted by Crippen LogP contribution is -2.56. The van der Waals surface area contributed by atoms with Crippen molar-refractivity contribution in [3.05, 3.63) is 100 Å². The first-order valence-electron chi connectivity index (χ1n) is 11.8. The lowest BCUT2D eigenvalue weighted by molar-refractivity contribution is -0.142. The van der Waals surface area contributed by atoms with E-state index in [1.807, 2.05) is 54.6 Å². The number of amides is 2. The standard InChI is InChI=1S/C28H27ClN2O6/c1-36-25-12-11-19(13-22(25)29)14-23(27(33)34)30-26(32)24-15-20-9-5-6-10-21(20)16-31(24)28(35)37-17-18-7-3-2-4-8-18/h2-13,23-24H,14-17H2,1H3,(H,30,32)(H,33,34)/t23-,24+/m1/s1. The van der Waals surface area contributed by atoms with Gasteiger partial charge >= 0.3 is 12.1 Å². The van der Waals surface area contributed by atoms with Crippen LogP contribution >= 0.6 is 11.6 Å². The number of methoxy groups -OCH3 is 1. The van der Waals surface area contributed by atoms with Crippen molar-refractivity contribution in [2.24, 2.45) is 0 Å². The number of carbonyl (C=O) groups is 3. The van der Waals surface area contributed by atoms with Crippen LogP contribution in [0.3, 0.4) is 0 Å². The van der Waals surface area contributed by atoms with Crippen molar-refractivity contribution in [1.82, 2.24) is 10.2 Å². The van der Waals surface area contributed by atoms with E-state index in [2.05, 4.69) is 5.32 Å². The van der Waals surface area contributed by atoms with Crippen molar-refractivity contribution >= 4 is 29.6 Å². The van der Waals surface area contributed by atoms with Crippen LogP contribution in [0.4, 0.5) is 4.79 Å². The third-order valence-corrected chi connectivity index (χ3v) is 6.56. The van der Waals surface area contributed by atoms with E-state index in [0.29, 0.717) is 16.3 Å². The quantitative estimate of drug-likeness (QED) is 0.459. The van der Waals surface area contributed by atoms with Gasteiger partial charge in [-0.05, 0) is 34.4 Å². The third-order valence-electron chi connectivity index (χ3n) is 6.26. The van der Waals surface area contributed by atoms with E-state index in [-0.39, 0.29) is 26.0 Å². The van der Waals surface area contributed by atoms with Crippen molar-refractivity contribution in [2.45, 2.75) is 38.1 Å². The zero-order chi connectivity index (χ0) is 26.4. The van der Waals surface area contributed by atoms with E-state index in [1.54, 1.807) is 18.2 Å². The highest BCUT2D eigenvalue weighted by Gasteiger charge is 2.37. The average molecular weight is 523 g/mol. The molecule has 192 valence electrons. The maximum Gasteiger partial charge on any atom is 0.411 e. The number of ether oxygens (including phenoxy) is 2. The Morgan fingerprint density at radius 1 is 1.03 bits per heavy atom. The highest BCUT2D eigenvalue weighted by Crippen LogP contribution is 2.27. The first kappa shape index (κ1) is 26.0. The topological polar surface area (TPSA) is 105 Å². The van der Waals surface area contributed by atoms with Crippen molar-refractivity contribution in [3.63, 3.8) is 0 Å². The summed E-state index contributed by atoms with van der Waals surface area (Å²) in [5, 5.41) is 12.8. The number of aliphatic carboxylic acids is 1. The number of hydrogen-bond acceptors (Lipinski definition) is 5. The Labute approximate surface area is 219 Å². The molecule has 9 heteroatoms. The van der Waals surface area contributed by atoms with Gasteiger partial charge < -0.3 is 19.9 Å². The fourth-order valence-electron chi connectivity index (χ4n) is 4.29. The molecule has 2 N–H and O–H groups in total. The van der Waals surface area contributed by atoms with Crippen LogP contribution in [0.25, 0.3) is 0 Å². The third kappa shape index (κ3) is 6.40. The molecule has 0 unspecified atom stereocenters. The molecule has 0 saturated carbocycles. The first-order chi connectivity index (χ1) is 17.9. The van der Waals surface area contributed by atoms with Crippen LogP contribution in [0.2, 0.25) is 5.02 Å². The molecule has 37 heavy (non-hydrogen) atoms. The summed E-state index contributed by atoms with van der Waals surface area (Å²) in [4.78, 5) is 39.9. The molecule has 3 aromatic rings. The number of carboxylic acids is 1. The van der Waals surface area contributed by atoms with Crippen LogP contribution in [0.5, 0.6) is 5.75 Å². The molecule has 1 heterocycles. The lowest BCUT2D eigenvalue weighted by atomic mass is 9.93. The molecule has 1 aliphatic rings. The van der Waals surface area contributed by atoms with Gasteiger partial charge in [0, 0.05) is 12.8 Å². The molecule has 0 aromatic heterocycles. The van der Waals surface area contributed by atoms with E-state index in [4.69, 9.17) is 21.1 Å². The Kier molecular flexibility index (Phi) is 8.30. The Morgan fingerprint density at radius 2 is 1.73 bits per heavy atom. The SMILES string of the molecule is COc1ccc(C[C@@H](NC(=O)[C@@H]2Cc3ccccc3CN2C(=O)OCc2ccccc2)C(=O)O)cc1Cl. The summed E-state index contributed by atoms with van der Waals surface area (Å²) >= 11 is 6.18. The molecule has 0 aliphatic carbocycles. The molecule has 3 aromatic carbocycles. The minimum Gasteiger partial charge on any atom is -0.495 e. The van der Waals surface area contributed by atoms with Gasteiger partial charge in [-0.3, -0.25) is 9.69 Å². The number of rotatable bonds is 8. The smallest absolute Gasteiger partial charge is 0.411 e. The molecule has 8 nitrogen and oxygen atoms in total. The summed E-state index contributed by atoms with van der Waals surface area (Å²) in [7, 11) is 1.49. The molecule has 2 atom stereocenters. The molecule has 1 aliphatic heterocycles. The van der Waals surface area contributed by atoms with Crippen LogP contribution in [-0.4, -0.2) is 47.2 Å². The minimum atomic E-state index is -1.23. The van der Waals surface area contributed by atoms with Gasteiger partial charge in [0.1, 0.15) is 24.4 Å². The van der Waals surface area contributed by atoms with Crippen molar-refractivity contribution in [3.8, 4) is 5.75 Å². The lowest BCUT2D eigenvalue weighted by Gasteiger charge is -2.35. The van der Waals surface area contributed by atoms with Gasteiger partial charge in [-0.25, -0.2) is 9.59 Å². The zero-order valence-corrected chi connectivity index (χ0v) is 21.0. The van der Waals surface area contributed by atoms with Gasteiger partial charge in [0.25, 0.3) is 0 Å². The highest BCUT2D eigenvalue weighted by molar-refractivity contribution is 6.32. The van der Waals surface area contributed by atoms with Gasteiger partial charge in [0.2, 0.25) is 5.91 Å². The number of fused-ring (bicyclic) bond motifs is 1. The van der Waals surface area contributed by atoms with Crippen molar-refractivity contribution < 1.29 is 29.0 Å². The van der Waals surface area contributed by atoms with Gasteiger partial charge in [-0.2, -0.15) is 0 Å². The predicted octanol–water partition coefficient (Wildman–Crippen LogP) is 4.22. The second-order valence-electron chi connectivity index (χ2n) is 8.73. The first-order valence-corrected chi connectivity index (χ1v) is 12.1. The summed E-state index contributed by atoms with van der Waals surface area (Å²) in [6, 6.07) is 19.5. The molecule has 0 radical (unpaired) electrons. The number of nitrogens with zero attached hydrogens (tertiary/aromatic N) is 1. The molecule has 0 saturated heterocycles. The fourth-order valence-corrected chi connectivity index (χ4v) is 4.57. The van der Waals surface area contributed by atoms with E-state index < -0.39 is 30.1 Å². The Hall–Kier alpha value is -4.04. The monoisotopic (exact) mass is 522 g/mol. The fraction of sp³-hybridized carbons (Fsp3) is 0.250. The zero-order valence-electron chi connectivity index (χ0n) is 20.2. The maximum atomic E-state index is 13.4. The molecule has 4 rings (SSSR count). The second-order valence-corrected chi connectivity index (χ2v) is 9.14. The number of benzene rings is 3. The van der Waals surface area contributed by atoms with Crippen LogP contribution in [0.15, 0.2) is 72.8 Å². The van der Waals surface area contributed by atoms with E-state index in [9.17, 15) is 19.5 Å². The molecule has 2 amide bonds. The van der Waals surface area contributed by atoms with Crippen LogP contribution in [-0.2, 0) is 40.3 Å². The molecule has 0 spiro atoms. The van der Waals surface area contributed by atoms with E-state index >= 15 is 0 Å². The average Bonchev–Trinajstić information content (AvgIpc) is 2.91. The number of hydrogen-bond donors (Lipinski definition) is 2. The van der Waals surface area contributed by atoms with Gasteiger partial charge in [0.15, 0.2) is 0 Å². The predicted molar refractivity (Wildman–Crippen MR) is 137 cm³/mol. The van der Waals surface area contributed by atoms with Gasteiger partial charge in [-0.15, -0.1) is 0 Å². The van der Waals surface area contributed by atoms with Gasteiger partial charge in [-0.1, -0.05) is 72.3 Å². The van der Waals surface area contributed by atoms with E-state index in [0.717, 1.165) is 16.7 Å². The van der Waals surface area contributed by atoms with Crippen molar-refractivity contribution in [2.75, 3.05) is 7.11 Å². The van der Waals surface area contributed by atoms with Crippen LogP contribution in [0, 0.1) is 0 Å². The molecular formula is C28H27ClN2O6. The van der Waals surface area contributed by atoms with Gasteiger partial charge in [0.05, 0.1) is 18.7 Å². The second kappa shape index (κ2) is 11.8. The summed E-state index contributed by atoms with van der Waals surface area (Å²) in [5.74, 6) is -1.31. The number of carbonyl (C=O) groups excluding carboxylic acids is 2. The Bertz CT molecular complexity index is 1280. The molecular weight excluding hydrogens is 496 g/mol. The summed E-state index contributed by atoms with van der Waals surface area (Å²) in [5.41, 5.74) is 3.26. The summed E-state index contributed by atoms with van der Waals surface area (Å²) in [6.45, 7) is 0.232. The number of carboxylic acid groups (broad SMARTS) is 1. The Balaban J connectivity index is 1.51. The molecule has 0 bridgehead atoms. The maximum absolute atomic E-state index is 13.4. The summed E-state index contributed by atoms with van der Waals surface area (Å²) in [6.07, 6.45) is -0.400. The normalized spacial score (nSPS) is 15.3. The Morgan fingerprint density at radius 3 is 2.41 bits per heavy atom. The van der Waals surface area contributed by atoms with Crippen LogP contribution in [0.1, 0.15) is 22.3 Å². The number of halogens is 1. The highest BCUT2D eigenvalue weighted by atomic mass is 35.5. The summed E-state index contributed by atoms with van der Waals surface area (Å²) < 4.78 is 10.7. The van der Waals surface area contributed by atoms with Crippen molar-refractivity contribution in [1.29, 1.82) is 0 Å².